The summed E-state index contributed by atoms with van der Waals surface area (Å²) in [4.78, 5) is 10.5. The SMILES string of the molecule is CC.Cc1cc(CNc2ccccc2SN)c2cc(-c3ccc(C45COC(C(C)(C)O)(C4)C5)nc3)c(C#N)nc2c1. The molecule has 41 heavy (non-hydrogen) atoms. The molecule has 2 aromatic heterocycles. The van der Waals surface area contributed by atoms with Gasteiger partial charge in [-0.1, -0.05) is 38.1 Å². The maximum atomic E-state index is 10.6. The smallest absolute Gasteiger partial charge is 0.149 e. The summed E-state index contributed by atoms with van der Waals surface area (Å²) in [5, 5.41) is 30.9. The van der Waals surface area contributed by atoms with Crippen LogP contribution in [0.15, 0.2) is 65.7 Å². The number of fused-ring (bicyclic) bond motifs is 2. The van der Waals surface area contributed by atoms with E-state index in [1.54, 1.807) is 0 Å². The van der Waals surface area contributed by atoms with Crippen molar-refractivity contribution in [2.24, 2.45) is 5.14 Å². The van der Waals surface area contributed by atoms with Gasteiger partial charge in [-0.3, -0.25) is 10.1 Å². The largest absolute Gasteiger partial charge is 0.387 e. The quantitative estimate of drug-likeness (QED) is 0.213. The van der Waals surface area contributed by atoms with Crippen molar-refractivity contribution in [2.45, 2.75) is 75.5 Å². The summed E-state index contributed by atoms with van der Waals surface area (Å²) in [7, 11) is 0. The van der Waals surface area contributed by atoms with Gasteiger partial charge >= 0.3 is 0 Å². The molecular weight excluding hydrogens is 530 g/mol. The molecule has 1 aliphatic carbocycles. The van der Waals surface area contributed by atoms with Crippen molar-refractivity contribution in [2.75, 3.05) is 11.9 Å². The number of anilines is 1. The van der Waals surface area contributed by atoms with E-state index in [0.717, 1.165) is 62.3 Å². The first-order chi connectivity index (χ1) is 19.7. The van der Waals surface area contributed by atoms with Gasteiger partial charge in [0.05, 0.1) is 23.3 Å². The number of nitrogens with zero attached hydrogens (tertiary/aromatic N) is 3. The van der Waals surface area contributed by atoms with Crippen LogP contribution in [0.4, 0.5) is 5.69 Å². The van der Waals surface area contributed by atoms with Gasteiger partial charge in [-0.15, -0.1) is 0 Å². The highest BCUT2D eigenvalue weighted by Gasteiger charge is 2.69. The highest BCUT2D eigenvalue weighted by molar-refractivity contribution is 7.97. The number of rotatable bonds is 7. The Hall–Kier alpha value is -3.48. The first-order valence-electron chi connectivity index (χ1n) is 14.0. The highest BCUT2D eigenvalue weighted by atomic mass is 32.2. The lowest BCUT2D eigenvalue weighted by Crippen LogP contribution is -2.59. The maximum absolute atomic E-state index is 10.6. The predicted molar refractivity (Wildman–Crippen MR) is 165 cm³/mol. The number of hydrogen-bond acceptors (Lipinski definition) is 8. The van der Waals surface area contributed by atoms with Crippen molar-refractivity contribution in [1.29, 1.82) is 5.26 Å². The van der Waals surface area contributed by atoms with Gasteiger partial charge in [0.25, 0.3) is 0 Å². The van der Waals surface area contributed by atoms with Crippen LogP contribution in [-0.2, 0) is 16.7 Å². The first-order valence-corrected chi connectivity index (χ1v) is 14.9. The van der Waals surface area contributed by atoms with Crippen LogP contribution in [0, 0.1) is 18.3 Å². The Morgan fingerprint density at radius 1 is 1.15 bits per heavy atom. The molecule has 4 aromatic rings. The van der Waals surface area contributed by atoms with Gasteiger partial charge in [0.1, 0.15) is 11.8 Å². The molecule has 1 saturated carbocycles. The van der Waals surface area contributed by atoms with Crippen LogP contribution in [0.25, 0.3) is 22.0 Å². The zero-order valence-corrected chi connectivity index (χ0v) is 25.1. The minimum atomic E-state index is -0.887. The molecule has 7 nitrogen and oxygen atoms in total. The fourth-order valence-electron chi connectivity index (χ4n) is 6.12. The van der Waals surface area contributed by atoms with Crippen LogP contribution in [0.5, 0.6) is 0 Å². The molecule has 0 radical (unpaired) electrons. The number of aryl methyl sites for hydroxylation is 1. The standard InChI is InChI=1S/C31H31N5O2S.C2H6/c1-19-10-21(15-34-24-6-4-5-7-27(24)39-33)23-12-22(26(13-32)36-25(23)11-19)20-8-9-28(35-14-20)30-16-31(17-30,38-18-30)29(2,3)37;1-2/h4-12,14,34,37H,15-18,33H2,1-3H3;1-2H3. The number of benzene rings is 2. The molecular formula is C33H37N5O2S. The number of nitriles is 1. The number of nitrogens with one attached hydrogen (secondary N) is 1. The van der Waals surface area contributed by atoms with Gasteiger partial charge in [-0.25, -0.2) is 4.98 Å². The van der Waals surface area contributed by atoms with Crippen molar-refractivity contribution in [1.82, 2.24) is 9.97 Å². The Labute approximate surface area is 246 Å². The summed E-state index contributed by atoms with van der Waals surface area (Å²) >= 11 is 1.22. The first kappa shape index (κ1) is 29.0. The number of aliphatic hydroxyl groups is 1. The number of ether oxygens (including phenoxy) is 1. The predicted octanol–water partition coefficient (Wildman–Crippen LogP) is 6.65. The Bertz CT molecular complexity index is 1620. The summed E-state index contributed by atoms with van der Waals surface area (Å²) in [5.41, 5.74) is 5.33. The normalized spacial score (nSPS) is 21.0. The van der Waals surface area contributed by atoms with Crippen LogP contribution in [-0.4, -0.2) is 32.9 Å². The molecule has 3 fully saturated rings. The topological polar surface area (TPSA) is 117 Å². The van der Waals surface area contributed by atoms with Gasteiger partial charge in [0.15, 0.2) is 0 Å². The van der Waals surface area contributed by atoms with Crippen molar-refractivity contribution >= 4 is 28.5 Å². The lowest BCUT2D eigenvalue weighted by atomic mass is 9.56. The van der Waals surface area contributed by atoms with Gasteiger partial charge in [0.2, 0.25) is 0 Å². The Morgan fingerprint density at radius 3 is 2.54 bits per heavy atom. The second-order valence-electron chi connectivity index (χ2n) is 11.4. The van der Waals surface area contributed by atoms with E-state index in [9.17, 15) is 10.4 Å². The summed E-state index contributed by atoms with van der Waals surface area (Å²) in [6, 6.07) is 20.5. The van der Waals surface area contributed by atoms with E-state index in [2.05, 4.69) is 23.5 Å². The van der Waals surface area contributed by atoms with Crippen LogP contribution in [0.2, 0.25) is 0 Å². The number of nitrogens with two attached hydrogens (primary N) is 1. The second kappa shape index (κ2) is 11.1. The zero-order chi connectivity index (χ0) is 29.4. The molecule has 0 amide bonds. The maximum Gasteiger partial charge on any atom is 0.149 e. The molecule has 2 bridgehead atoms. The van der Waals surface area contributed by atoms with E-state index in [4.69, 9.17) is 19.8 Å². The molecule has 2 aliphatic heterocycles. The monoisotopic (exact) mass is 567 g/mol. The number of hydrogen-bond donors (Lipinski definition) is 3. The van der Waals surface area contributed by atoms with Crippen molar-refractivity contribution in [3.63, 3.8) is 0 Å². The van der Waals surface area contributed by atoms with E-state index in [-0.39, 0.29) is 5.41 Å². The lowest BCUT2D eigenvalue weighted by Gasteiger charge is -2.50. The van der Waals surface area contributed by atoms with E-state index >= 15 is 0 Å². The molecule has 3 aliphatic rings. The van der Waals surface area contributed by atoms with Crippen LogP contribution < -0.4 is 10.5 Å². The van der Waals surface area contributed by atoms with Crippen LogP contribution in [0.1, 0.15) is 63.1 Å². The second-order valence-corrected chi connectivity index (χ2v) is 12.0. The minimum Gasteiger partial charge on any atom is -0.387 e. The summed E-state index contributed by atoms with van der Waals surface area (Å²) < 4.78 is 6.07. The van der Waals surface area contributed by atoms with Crippen LogP contribution in [0.3, 0.4) is 0 Å². The van der Waals surface area contributed by atoms with Gasteiger partial charge in [0, 0.05) is 50.9 Å². The third-order valence-corrected chi connectivity index (χ3v) is 8.97. The Morgan fingerprint density at radius 2 is 1.90 bits per heavy atom. The van der Waals surface area contributed by atoms with E-state index in [1.165, 1.54) is 11.9 Å². The third-order valence-electron chi connectivity index (χ3n) is 8.36. The average Bonchev–Trinajstić information content (AvgIpc) is 3.56. The molecule has 7 rings (SSSR count). The molecule has 4 heterocycles. The average molecular weight is 568 g/mol. The molecule has 0 spiro atoms. The van der Waals surface area contributed by atoms with Gasteiger partial charge in [-0.05, 0) is 87.0 Å². The Kier molecular flexibility index (Phi) is 7.84. The molecule has 4 N–H and O–H groups in total. The molecule has 8 heteroatoms. The molecule has 0 atom stereocenters. The van der Waals surface area contributed by atoms with E-state index < -0.39 is 11.2 Å². The summed E-state index contributed by atoms with van der Waals surface area (Å²) in [5.74, 6) is 0. The molecule has 2 saturated heterocycles. The van der Waals surface area contributed by atoms with Gasteiger partial charge in [-0.2, -0.15) is 5.26 Å². The minimum absolute atomic E-state index is 0.160. The summed E-state index contributed by atoms with van der Waals surface area (Å²) in [6.45, 7) is 10.8. The highest BCUT2D eigenvalue weighted by Crippen LogP contribution is 2.62. The fourth-order valence-corrected chi connectivity index (χ4v) is 6.54. The van der Waals surface area contributed by atoms with Crippen molar-refractivity contribution in [3.8, 4) is 17.2 Å². The number of aromatic nitrogens is 2. The number of para-hydroxylation sites is 1. The molecule has 2 aromatic carbocycles. The van der Waals surface area contributed by atoms with E-state index in [1.807, 2.05) is 83.3 Å². The van der Waals surface area contributed by atoms with E-state index in [0.29, 0.717) is 18.8 Å². The van der Waals surface area contributed by atoms with Crippen molar-refractivity contribution in [3.05, 3.63) is 83.3 Å². The number of pyridine rings is 2. The molecule has 212 valence electrons. The molecule has 0 unspecified atom stereocenters. The fraction of sp³-hybridized carbons (Fsp3) is 0.364. The summed E-state index contributed by atoms with van der Waals surface area (Å²) in [6.07, 6.45) is 3.35. The lowest BCUT2D eigenvalue weighted by molar-refractivity contribution is -0.153. The zero-order valence-electron chi connectivity index (χ0n) is 24.3. The van der Waals surface area contributed by atoms with Crippen molar-refractivity contribution < 1.29 is 9.84 Å². The van der Waals surface area contributed by atoms with Gasteiger partial charge < -0.3 is 15.2 Å². The Balaban J connectivity index is 0.00000165. The van der Waals surface area contributed by atoms with Crippen LogP contribution >= 0.6 is 11.9 Å². The third kappa shape index (κ3) is 5.08.